The smallest absolute Gasteiger partial charge is 0.273 e. The Morgan fingerprint density at radius 2 is 2.11 bits per heavy atom. The van der Waals surface area contributed by atoms with Gasteiger partial charge in [-0.3, -0.25) is 4.79 Å². The number of thiophene rings is 1. The molecule has 1 aromatic carbocycles. The average Bonchev–Trinajstić information content (AvgIpc) is 2.92. The molecule has 0 bridgehead atoms. The highest BCUT2D eigenvalue weighted by Crippen LogP contribution is 2.11. The summed E-state index contributed by atoms with van der Waals surface area (Å²) in [6.07, 6.45) is 0.331. The van der Waals surface area contributed by atoms with E-state index in [0.29, 0.717) is 5.56 Å². The first-order valence-corrected chi connectivity index (χ1v) is 6.30. The molecule has 0 unspecified atom stereocenters. The maximum atomic E-state index is 11.6. The lowest BCUT2D eigenvalue weighted by Crippen LogP contribution is -2.25. The lowest BCUT2D eigenvalue weighted by atomic mass is 10.1. The van der Waals surface area contributed by atoms with Gasteiger partial charge in [-0.1, -0.05) is 30.3 Å². The molecule has 2 aromatic rings. The fourth-order valence-electron chi connectivity index (χ4n) is 1.37. The lowest BCUT2D eigenvalue weighted by Gasteiger charge is -2.08. The minimum absolute atomic E-state index is 0.542. The largest absolute Gasteiger partial charge is 0.378 e. The molecule has 92 valence electrons. The Balaban J connectivity index is 1.92. The molecule has 0 aliphatic rings. The van der Waals surface area contributed by atoms with Crippen molar-refractivity contribution >= 4 is 23.5 Å². The van der Waals surface area contributed by atoms with Crippen molar-refractivity contribution in [3.63, 3.8) is 0 Å². The van der Waals surface area contributed by atoms with Gasteiger partial charge in [0.1, 0.15) is 0 Å². The van der Waals surface area contributed by atoms with Gasteiger partial charge in [-0.15, -0.1) is 0 Å². The monoisotopic (exact) mass is 260 g/mol. The maximum absolute atomic E-state index is 11.6. The summed E-state index contributed by atoms with van der Waals surface area (Å²) in [4.78, 5) is 11.6. The predicted octanol–water partition coefficient (Wildman–Crippen LogP) is 1.93. The van der Waals surface area contributed by atoms with Gasteiger partial charge in [0, 0.05) is 5.56 Å². The highest BCUT2D eigenvalue weighted by Gasteiger charge is 2.15. The number of carbonyl (C=O) groups excluding carboxylic acids is 1. The summed E-state index contributed by atoms with van der Waals surface area (Å²) in [7, 11) is 0. The second-order valence-electron chi connectivity index (χ2n) is 3.60. The molecule has 1 amide bonds. The number of hydrazone groups is 1. The first-order valence-electron chi connectivity index (χ1n) is 5.35. The second kappa shape index (κ2) is 6.09. The number of aliphatic hydroxyl groups is 1. The Kier molecular flexibility index (Phi) is 4.22. The Labute approximate surface area is 109 Å². The van der Waals surface area contributed by atoms with E-state index in [9.17, 15) is 9.90 Å². The Hall–Kier alpha value is -1.98. The quantitative estimate of drug-likeness (QED) is 0.652. The Morgan fingerprint density at radius 1 is 1.33 bits per heavy atom. The maximum Gasteiger partial charge on any atom is 0.273 e. The van der Waals surface area contributed by atoms with E-state index < -0.39 is 12.0 Å². The number of benzene rings is 1. The predicted molar refractivity (Wildman–Crippen MR) is 71.5 cm³/mol. The van der Waals surface area contributed by atoms with Crippen LogP contribution < -0.4 is 5.43 Å². The van der Waals surface area contributed by atoms with Gasteiger partial charge in [0.05, 0.1) is 6.21 Å². The summed E-state index contributed by atoms with van der Waals surface area (Å²) in [5.74, 6) is -0.548. The molecule has 0 saturated heterocycles. The van der Waals surface area contributed by atoms with Crippen LogP contribution in [0.2, 0.25) is 0 Å². The molecule has 1 aromatic heterocycles. The third kappa shape index (κ3) is 3.26. The van der Waals surface area contributed by atoms with Gasteiger partial charge < -0.3 is 5.11 Å². The van der Waals surface area contributed by atoms with Crippen LogP contribution in [0, 0.1) is 0 Å². The number of amides is 1. The molecule has 0 radical (unpaired) electrons. The number of nitrogens with one attached hydrogen (secondary N) is 1. The number of rotatable bonds is 4. The van der Waals surface area contributed by atoms with E-state index in [1.807, 2.05) is 22.9 Å². The van der Waals surface area contributed by atoms with Crippen LogP contribution in [0.25, 0.3) is 0 Å². The van der Waals surface area contributed by atoms with E-state index in [2.05, 4.69) is 10.5 Å². The Bertz CT molecular complexity index is 523. The number of aliphatic hydroxyl groups excluding tert-OH is 1. The molecule has 2 N–H and O–H groups in total. The molecule has 0 aliphatic carbocycles. The number of nitrogens with zero attached hydrogens (tertiary/aromatic N) is 1. The normalized spacial score (nSPS) is 12.5. The second-order valence-corrected chi connectivity index (χ2v) is 4.38. The van der Waals surface area contributed by atoms with Crippen molar-refractivity contribution in [2.24, 2.45) is 5.10 Å². The molecular formula is C13H12N2O2S. The van der Waals surface area contributed by atoms with Crippen molar-refractivity contribution in [3.8, 4) is 0 Å². The third-order valence-corrected chi connectivity index (χ3v) is 3.00. The minimum atomic E-state index is -1.20. The molecule has 4 nitrogen and oxygen atoms in total. The first kappa shape index (κ1) is 12.5. The van der Waals surface area contributed by atoms with E-state index in [4.69, 9.17) is 0 Å². The highest BCUT2D eigenvalue weighted by molar-refractivity contribution is 7.08. The van der Waals surface area contributed by atoms with Gasteiger partial charge in [0.15, 0.2) is 6.10 Å². The molecule has 0 spiro atoms. The number of hydrogen-bond acceptors (Lipinski definition) is 4. The molecule has 1 atom stereocenters. The van der Waals surface area contributed by atoms with Gasteiger partial charge in [-0.05, 0) is 22.4 Å². The van der Waals surface area contributed by atoms with Crippen LogP contribution in [-0.4, -0.2) is 17.2 Å². The van der Waals surface area contributed by atoms with Crippen LogP contribution in [0.3, 0.4) is 0 Å². The zero-order valence-electron chi connectivity index (χ0n) is 9.48. The van der Waals surface area contributed by atoms with Crippen molar-refractivity contribution < 1.29 is 9.90 Å². The highest BCUT2D eigenvalue weighted by atomic mass is 32.1. The van der Waals surface area contributed by atoms with E-state index >= 15 is 0 Å². The summed E-state index contributed by atoms with van der Waals surface area (Å²) >= 11 is 1.55. The molecule has 1 heterocycles. The van der Waals surface area contributed by atoms with Crippen molar-refractivity contribution in [3.05, 3.63) is 58.3 Å². The van der Waals surface area contributed by atoms with Gasteiger partial charge in [-0.2, -0.15) is 16.4 Å². The van der Waals surface area contributed by atoms with Crippen molar-refractivity contribution in [1.82, 2.24) is 5.43 Å². The summed E-state index contributed by atoms with van der Waals surface area (Å²) < 4.78 is 0. The van der Waals surface area contributed by atoms with Crippen LogP contribution in [0.15, 0.2) is 52.3 Å². The summed E-state index contributed by atoms with van der Waals surface area (Å²) in [6, 6.07) is 10.6. The van der Waals surface area contributed by atoms with Crippen LogP contribution in [0.4, 0.5) is 0 Å². The van der Waals surface area contributed by atoms with Crippen molar-refractivity contribution in [2.45, 2.75) is 6.10 Å². The molecule has 5 heteroatoms. The van der Waals surface area contributed by atoms with Gasteiger partial charge in [0.2, 0.25) is 0 Å². The van der Waals surface area contributed by atoms with E-state index in [1.165, 1.54) is 6.21 Å². The standard InChI is InChI=1S/C13H12N2O2S/c16-12(11-4-2-1-3-5-11)13(17)15-14-8-10-6-7-18-9-10/h1-9,12,16H,(H,15,17)/b14-8-/t12-/m0/s1. The van der Waals surface area contributed by atoms with Gasteiger partial charge in [-0.25, -0.2) is 5.43 Å². The topological polar surface area (TPSA) is 61.7 Å². The van der Waals surface area contributed by atoms with Gasteiger partial charge in [0.25, 0.3) is 5.91 Å². The zero-order chi connectivity index (χ0) is 12.8. The zero-order valence-corrected chi connectivity index (χ0v) is 10.3. The van der Waals surface area contributed by atoms with Gasteiger partial charge >= 0.3 is 0 Å². The first-order chi connectivity index (χ1) is 8.77. The fourth-order valence-corrected chi connectivity index (χ4v) is 1.98. The number of carbonyl (C=O) groups is 1. The van der Waals surface area contributed by atoms with E-state index in [1.54, 1.807) is 35.6 Å². The Morgan fingerprint density at radius 3 is 2.78 bits per heavy atom. The van der Waals surface area contributed by atoms with Crippen molar-refractivity contribution in [1.29, 1.82) is 0 Å². The SMILES string of the molecule is O=C(N/N=C\c1ccsc1)[C@@H](O)c1ccccc1. The number of hydrogen-bond donors (Lipinski definition) is 2. The average molecular weight is 260 g/mol. The molecule has 0 fully saturated rings. The van der Waals surface area contributed by atoms with Crippen molar-refractivity contribution in [2.75, 3.05) is 0 Å². The summed E-state index contributed by atoms with van der Waals surface area (Å²) in [5, 5.41) is 17.4. The molecule has 0 aliphatic heterocycles. The minimum Gasteiger partial charge on any atom is -0.378 e. The summed E-state index contributed by atoms with van der Waals surface area (Å²) in [6.45, 7) is 0. The van der Waals surface area contributed by atoms with Crippen LogP contribution >= 0.6 is 11.3 Å². The molecular weight excluding hydrogens is 248 g/mol. The lowest BCUT2D eigenvalue weighted by molar-refractivity contribution is -0.129. The molecule has 2 rings (SSSR count). The third-order valence-electron chi connectivity index (χ3n) is 2.30. The van der Waals surface area contributed by atoms with Crippen LogP contribution in [0.5, 0.6) is 0 Å². The fraction of sp³-hybridized carbons (Fsp3) is 0.0769. The van der Waals surface area contributed by atoms with E-state index in [0.717, 1.165) is 5.56 Å². The van der Waals surface area contributed by atoms with E-state index in [-0.39, 0.29) is 0 Å². The molecule has 0 saturated carbocycles. The molecule has 18 heavy (non-hydrogen) atoms. The van der Waals surface area contributed by atoms with Crippen LogP contribution in [-0.2, 0) is 4.79 Å². The summed E-state index contributed by atoms with van der Waals surface area (Å²) in [5.41, 5.74) is 3.76. The van der Waals surface area contributed by atoms with Crippen LogP contribution in [0.1, 0.15) is 17.2 Å².